The summed E-state index contributed by atoms with van der Waals surface area (Å²) in [7, 11) is 0. The molecular formula is C64H47N. The van der Waals surface area contributed by atoms with Gasteiger partial charge >= 0.3 is 0 Å². The maximum absolute atomic E-state index is 2.46. The maximum Gasteiger partial charge on any atom is 0.0468 e. The van der Waals surface area contributed by atoms with Crippen molar-refractivity contribution in [3.63, 3.8) is 0 Å². The molecule has 2 aliphatic carbocycles. The summed E-state index contributed by atoms with van der Waals surface area (Å²) < 4.78 is 0. The molecule has 10 aromatic rings. The van der Waals surface area contributed by atoms with E-state index in [0.29, 0.717) is 0 Å². The molecule has 1 heteroatoms. The summed E-state index contributed by atoms with van der Waals surface area (Å²) in [6.45, 7) is 4.78. The van der Waals surface area contributed by atoms with Gasteiger partial charge in [0.25, 0.3) is 0 Å². The number of benzene rings is 10. The lowest BCUT2D eigenvalue weighted by molar-refractivity contribution is 0.714. The Hall–Kier alpha value is -8.00. The average Bonchev–Trinajstić information content (AvgIpc) is 3.80. The largest absolute Gasteiger partial charge is 0.310 e. The number of anilines is 3. The normalized spacial score (nSPS) is 16.6. The molecule has 12 rings (SSSR count). The zero-order chi connectivity index (χ0) is 43.5. The van der Waals surface area contributed by atoms with Crippen molar-refractivity contribution < 1.29 is 0 Å². The molecule has 1 nitrogen and oxygen atoms in total. The van der Waals surface area contributed by atoms with E-state index in [0.717, 1.165) is 17.1 Å². The summed E-state index contributed by atoms with van der Waals surface area (Å²) in [5.74, 6) is 0. The van der Waals surface area contributed by atoms with Crippen LogP contribution in [0.5, 0.6) is 0 Å². The van der Waals surface area contributed by atoms with E-state index >= 15 is 0 Å². The minimum atomic E-state index is -0.272. The predicted molar refractivity (Wildman–Crippen MR) is 272 cm³/mol. The van der Waals surface area contributed by atoms with Crippen LogP contribution >= 0.6 is 0 Å². The molecule has 2 aliphatic rings. The molecule has 0 heterocycles. The second kappa shape index (κ2) is 15.4. The molecule has 0 saturated heterocycles. The van der Waals surface area contributed by atoms with Crippen LogP contribution in [0.15, 0.2) is 249 Å². The van der Waals surface area contributed by atoms with Crippen LogP contribution in [-0.2, 0) is 10.8 Å². The van der Waals surface area contributed by atoms with E-state index in [1.54, 1.807) is 0 Å². The third kappa shape index (κ3) is 6.15. The van der Waals surface area contributed by atoms with Crippen LogP contribution in [0.25, 0.3) is 55.6 Å². The molecule has 0 saturated carbocycles. The monoisotopic (exact) mass is 829 g/mol. The van der Waals surface area contributed by atoms with Crippen LogP contribution in [0, 0.1) is 0 Å². The summed E-state index contributed by atoms with van der Waals surface area (Å²) in [5.41, 5.74) is 23.1. The standard InChI is InChI=1S/C64H47N/c1-63(48-23-11-5-12-24-48)59-29-17-15-27-54(59)57-42-51(36-39-61(57)63)65(52-37-40-62-58(43-52)55-28-16-18-30-60(55)64(62,2)49-25-13-6-14-26-49)50-34-31-44(32-35-50)47-33-38-53(45-19-7-3-8-20-45)56(41-47)46-21-9-4-10-22-46/h3-43H,1-2H3. The Balaban J connectivity index is 1.02. The SMILES string of the molecule is CC1(c2ccccc2)c2ccccc2-c2cc(N(c3ccc(-c4ccc(-c5ccccc5)c(-c5ccccc5)c4)cc3)c3ccc4c(c3)-c3ccccc3C4(C)c3ccccc3)ccc21. The molecule has 0 spiro atoms. The molecule has 2 unspecified atom stereocenters. The van der Waals surface area contributed by atoms with Gasteiger partial charge in [-0.05, 0) is 145 Å². The van der Waals surface area contributed by atoms with E-state index in [9.17, 15) is 0 Å². The maximum atomic E-state index is 2.46. The first-order valence-electron chi connectivity index (χ1n) is 22.8. The summed E-state index contributed by atoms with van der Waals surface area (Å²) in [5, 5.41) is 0. The smallest absolute Gasteiger partial charge is 0.0468 e. The Labute approximate surface area is 382 Å². The Morgan fingerprint density at radius 2 is 0.631 bits per heavy atom. The molecule has 0 N–H and O–H groups in total. The van der Waals surface area contributed by atoms with Crippen molar-refractivity contribution in [3.8, 4) is 55.6 Å². The van der Waals surface area contributed by atoms with Gasteiger partial charge in [0, 0.05) is 27.9 Å². The fourth-order valence-corrected chi connectivity index (χ4v) is 11.1. The van der Waals surface area contributed by atoms with Crippen LogP contribution < -0.4 is 4.90 Å². The minimum Gasteiger partial charge on any atom is -0.310 e. The lowest BCUT2D eigenvalue weighted by Gasteiger charge is -2.30. The van der Waals surface area contributed by atoms with Gasteiger partial charge in [-0.25, -0.2) is 0 Å². The first kappa shape index (κ1) is 38.7. The van der Waals surface area contributed by atoms with Crippen molar-refractivity contribution in [1.82, 2.24) is 0 Å². The summed E-state index contributed by atoms with van der Waals surface area (Å²) >= 11 is 0. The number of rotatable bonds is 8. The van der Waals surface area contributed by atoms with Crippen LogP contribution in [0.4, 0.5) is 17.1 Å². The van der Waals surface area contributed by atoms with Crippen molar-refractivity contribution in [2.45, 2.75) is 24.7 Å². The van der Waals surface area contributed by atoms with Gasteiger partial charge in [-0.15, -0.1) is 0 Å². The van der Waals surface area contributed by atoms with Gasteiger partial charge in [0.15, 0.2) is 0 Å². The van der Waals surface area contributed by atoms with Crippen LogP contribution in [0.2, 0.25) is 0 Å². The lowest BCUT2D eigenvalue weighted by atomic mass is 9.74. The fraction of sp³-hybridized carbons (Fsp3) is 0.0625. The van der Waals surface area contributed by atoms with Gasteiger partial charge < -0.3 is 4.90 Å². The summed E-state index contributed by atoms with van der Waals surface area (Å²) in [6.07, 6.45) is 0. The molecule has 0 radical (unpaired) electrons. The number of fused-ring (bicyclic) bond motifs is 6. The highest BCUT2D eigenvalue weighted by Crippen LogP contribution is 2.56. The van der Waals surface area contributed by atoms with E-state index in [1.807, 2.05) is 0 Å². The second-order valence-corrected chi connectivity index (χ2v) is 17.9. The van der Waals surface area contributed by atoms with E-state index in [-0.39, 0.29) is 10.8 Å². The number of hydrogen-bond donors (Lipinski definition) is 0. The van der Waals surface area contributed by atoms with Crippen molar-refractivity contribution in [3.05, 3.63) is 282 Å². The highest BCUT2D eigenvalue weighted by Gasteiger charge is 2.42. The van der Waals surface area contributed by atoms with Gasteiger partial charge in [0.2, 0.25) is 0 Å². The number of nitrogens with zero attached hydrogens (tertiary/aromatic N) is 1. The Morgan fingerprint density at radius 1 is 0.246 bits per heavy atom. The fourth-order valence-electron chi connectivity index (χ4n) is 11.1. The average molecular weight is 830 g/mol. The molecule has 0 bridgehead atoms. The molecular weight excluding hydrogens is 783 g/mol. The second-order valence-electron chi connectivity index (χ2n) is 17.9. The predicted octanol–water partition coefficient (Wildman–Crippen LogP) is 16.8. The lowest BCUT2D eigenvalue weighted by Crippen LogP contribution is -2.22. The Kier molecular flexibility index (Phi) is 9.14. The van der Waals surface area contributed by atoms with Crippen LogP contribution in [0.3, 0.4) is 0 Å². The van der Waals surface area contributed by atoms with Gasteiger partial charge in [0.05, 0.1) is 0 Å². The molecule has 0 fully saturated rings. The topological polar surface area (TPSA) is 3.24 Å². The minimum absolute atomic E-state index is 0.272. The van der Waals surface area contributed by atoms with Crippen molar-refractivity contribution >= 4 is 17.1 Å². The zero-order valence-electron chi connectivity index (χ0n) is 36.6. The van der Waals surface area contributed by atoms with E-state index in [4.69, 9.17) is 0 Å². The first-order valence-corrected chi connectivity index (χ1v) is 22.8. The van der Waals surface area contributed by atoms with Crippen molar-refractivity contribution in [1.29, 1.82) is 0 Å². The third-order valence-electron chi connectivity index (χ3n) is 14.5. The molecule has 65 heavy (non-hydrogen) atoms. The number of hydrogen-bond acceptors (Lipinski definition) is 1. The quantitative estimate of drug-likeness (QED) is 0.147. The van der Waals surface area contributed by atoms with Crippen LogP contribution in [-0.4, -0.2) is 0 Å². The third-order valence-corrected chi connectivity index (χ3v) is 14.5. The molecule has 0 aromatic heterocycles. The molecule has 0 amide bonds. The Bertz CT molecular complexity index is 3230. The molecule has 2 atom stereocenters. The van der Waals surface area contributed by atoms with E-state index in [1.165, 1.54) is 89.0 Å². The Morgan fingerprint density at radius 3 is 1.12 bits per heavy atom. The van der Waals surface area contributed by atoms with Gasteiger partial charge in [-0.2, -0.15) is 0 Å². The zero-order valence-corrected chi connectivity index (χ0v) is 36.6. The van der Waals surface area contributed by atoms with Gasteiger partial charge in [0.1, 0.15) is 0 Å². The highest BCUT2D eigenvalue weighted by atomic mass is 15.1. The highest BCUT2D eigenvalue weighted by molar-refractivity contribution is 5.92. The van der Waals surface area contributed by atoms with E-state index < -0.39 is 0 Å². The van der Waals surface area contributed by atoms with E-state index in [2.05, 4.69) is 267 Å². The van der Waals surface area contributed by atoms with Crippen molar-refractivity contribution in [2.75, 3.05) is 4.90 Å². The first-order chi connectivity index (χ1) is 32.0. The molecule has 308 valence electrons. The van der Waals surface area contributed by atoms with Gasteiger partial charge in [-0.3, -0.25) is 0 Å². The molecule has 0 aliphatic heterocycles. The summed E-state index contributed by atoms with van der Waals surface area (Å²) in [4.78, 5) is 2.46. The van der Waals surface area contributed by atoms with Crippen molar-refractivity contribution in [2.24, 2.45) is 0 Å². The summed E-state index contributed by atoms with van der Waals surface area (Å²) in [6, 6.07) is 91.8. The van der Waals surface area contributed by atoms with Gasteiger partial charge in [-0.1, -0.05) is 206 Å². The molecule has 10 aromatic carbocycles. The van der Waals surface area contributed by atoms with Crippen LogP contribution in [0.1, 0.15) is 47.2 Å².